The highest BCUT2D eigenvalue weighted by Gasteiger charge is 2.24. The number of hydrogen-bond donors (Lipinski definition) is 0. The maximum atomic E-state index is 6.64. The molecule has 0 N–H and O–H groups in total. The van der Waals surface area contributed by atoms with E-state index in [1.165, 1.54) is 0 Å². The third kappa shape index (κ3) is 4.66. The molecule has 0 aliphatic carbocycles. The molecule has 1 heterocycles. The van der Waals surface area contributed by atoms with Gasteiger partial charge in [0.05, 0.1) is 50.9 Å². The van der Waals surface area contributed by atoms with Gasteiger partial charge in [0.1, 0.15) is 0 Å². The molecule has 1 nitrogen and oxygen atoms in total. The third-order valence-corrected chi connectivity index (χ3v) is 8.75. The van der Waals surface area contributed by atoms with Crippen molar-refractivity contribution in [1.82, 2.24) is 4.98 Å². The Bertz CT molecular complexity index is 1340. The van der Waals surface area contributed by atoms with Crippen LogP contribution in [-0.4, -0.2) is 4.98 Å². The second-order valence-corrected chi connectivity index (χ2v) is 10.2. The van der Waals surface area contributed by atoms with E-state index in [1.807, 2.05) is 0 Å². The third-order valence-electron chi connectivity index (χ3n) is 4.87. The largest absolute Gasteiger partial charge is 0.256 e. The molecule has 0 aliphatic rings. The SMILES string of the molecule is Clc1ccc(-c2ccnc(-c3ccc(Cl)c(Cl)c3Cl)c2-c2ccc(Cl)c(Cl)c2Cl)c(Cl)c1Cl. The molecule has 4 aromatic rings. The van der Waals surface area contributed by atoms with Crippen molar-refractivity contribution >= 4 is 104 Å². The van der Waals surface area contributed by atoms with Gasteiger partial charge in [-0.15, -0.1) is 0 Å². The van der Waals surface area contributed by atoms with Crippen molar-refractivity contribution in [2.75, 3.05) is 0 Å². The number of pyridine rings is 1. The maximum absolute atomic E-state index is 6.64. The topological polar surface area (TPSA) is 12.9 Å². The summed E-state index contributed by atoms with van der Waals surface area (Å²) in [5.41, 5.74) is 3.39. The Labute approximate surface area is 235 Å². The Morgan fingerprint density at radius 2 is 0.818 bits per heavy atom. The summed E-state index contributed by atoms with van der Waals surface area (Å²) in [5, 5.41) is 2.26. The lowest BCUT2D eigenvalue weighted by molar-refractivity contribution is 1.32. The quantitative estimate of drug-likeness (QED) is 0.209. The van der Waals surface area contributed by atoms with Crippen LogP contribution in [-0.2, 0) is 0 Å². The van der Waals surface area contributed by atoms with Gasteiger partial charge in [-0.1, -0.05) is 117 Å². The van der Waals surface area contributed by atoms with Gasteiger partial charge >= 0.3 is 0 Å². The lowest BCUT2D eigenvalue weighted by Gasteiger charge is -2.19. The Morgan fingerprint density at radius 1 is 0.394 bits per heavy atom. The van der Waals surface area contributed by atoms with E-state index >= 15 is 0 Å². The zero-order valence-electron chi connectivity index (χ0n) is 16.0. The van der Waals surface area contributed by atoms with E-state index in [9.17, 15) is 0 Å². The minimum absolute atomic E-state index is 0.192. The Balaban J connectivity index is 2.15. The fraction of sp³-hybridized carbons (Fsp3) is 0. The predicted octanol–water partition coefficient (Wildman–Crippen LogP) is 12.0. The summed E-state index contributed by atoms with van der Waals surface area (Å²) in [4.78, 5) is 4.58. The zero-order chi connectivity index (χ0) is 24.0. The van der Waals surface area contributed by atoms with Crippen molar-refractivity contribution < 1.29 is 0 Å². The highest BCUT2D eigenvalue weighted by atomic mass is 35.5. The van der Waals surface area contributed by atoms with Gasteiger partial charge in [-0.25, -0.2) is 0 Å². The molecule has 1 aromatic heterocycles. The average molecular weight is 617 g/mol. The minimum atomic E-state index is 0.192. The van der Waals surface area contributed by atoms with Crippen LogP contribution in [0.1, 0.15) is 0 Å². The van der Waals surface area contributed by atoms with Gasteiger partial charge in [-0.3, -0.25) is 4.98 Å². The van der Waals surface area contributed by atoms with Crippen LogP contribution >= 0.6 is 104 Å². The summed E-state index contributed by atoms with van der Waals surface area (Å²) in [6, 6.07) is 11.9. The summed E-state index contributed by atoms with van der Waals surface area (Å²) in [5.74, 6) is 0. The highest BCUT2D eigenvalue weighted by Crippen LogP contribution is 2.49. The molecule has 0 radical (unpaired) electrons. The average Bonchev–Trinajstić information content (AvgIpc) is 2.80. The second kappa shape index (κ2) is 10.2. The smallest absolute Gasteiger partial charge is 0.0802 e. The van der Waals surface area contributed by atoms with E-state index in [4.69, 9.17) is 104 Å². The fourth-order valence-electron chi connectivity index (χ4n) is 3.32. The van der Waals surface area contributed by atoms with Gasteiger partial charge in [-0.05, 0) is 35.9 Å². The minimum Gasteiger partial charge on any atom is -0.256 e. The van der Waals surface area contributed by atoms with E-state index in [0.29, 0.717) is 48.6 Å². The number of hydrogen-bond acceptors (Lipinski definition) is 1. The predicted molar refractivity (Wildman–Crippen MR) is 146 cm³/mol. The first-order valence-electron chi connectivity index (χ1n) is 9.04. The standard InChI is InChI=1S/C23H8Cl9N/c24-13-4-1-10(17(27)20(13)30)9-7-8-33-23(12-3-6-15(26)22(32)19(12)29)16(9)11-2-5-14(25)21(31)18(11)28/h1-8H. The van der Waals surface area contributed by atoms with Gasteiger partial charge < -0.3 is 0 Å². The van der Waals surface area contributed by atoms with Gasteiger partial charge in [0.15, 0.2) is 0 Å². The molecule has 0 atom stereocenters. The second-order valence-electron chi connectivity index (χ2n) is 6.75. The zero-order valence-corrected chi connectivity index (χ0v) is 22.8. The lowest BCUT2D eigenvalue weighted by atomic mass is 9.91. The first-order chi connectivity index (χ1) is 15.6. The molecule has 0 bridgehead atoms. The summed E-state index contributed by atoms with van der Waals surface area (Å²) in [6.07, 6.45) is 1.61. The summed E-state index contributed by atoms with van der Waals surface area (Å²) in [6.45, 7) is 0. The number of halogens is 9. The maximum Gasteiger partial charge on any atom is 0.0802 e. The van der Waals surface area contributed by atoms with E-state index in [1.54, 1.807) is 48.7 Å². The normalized spacial score (nSPS) is 11.2. The molecule has 0 amide bonds. The van der Waals surface area contributed by atoms with E-state index < -0.39 is 0 Å². The van der Waals surface area contributed by atoms with Crippen molar-refractivity contribution in [1.29, 1.82) is 0 Å². The molecule has 3 aromatic carbocycles. The molecule has 0 fully saturated rings. The molecule has 0 unspecified atom stereocenters. The molecular weight excluding hydrogens is 609 g/mol. The summed E-state index contributed by atoms with van der Waals surface area (Å²) >= 11 is 57.3. The number of aromatic nitrogens is 1. The van der Waals surface area contributed by atoms with E-state index in [0.717, 1.165) is 0 Å². The van der Waals surface area contributed by atoms with Crippen LogP contribution in [0, 0.1) is 0 Å². The Hall–Kier alpha value is -0.580. The molecule has 0 spiro atoms. The first kappa shape index (κ1) is 25.5. The van der Waals surface area contributed by atoms with Crippen molar-refractivity contribution in [3.05, 3.63) is 93.9 Å². The monoisotopic (exact) mass is 613 g/mol. The molecule has 0 saturated heterocycles. The Kier molecular flexibility index (Phi) is 7.88. The van der Waals surface area contributed by atoms with Crippen LogP contribution < -0.4 is 0 Å². The molecule has 0 saturated carbocycles. The molecular formula is C23H8Cl9N. The van der Waals surface area contributed by atoms with Crippen LogP contribution in [0.2, 0.25) is 45.2 Å². The van der Waals surface area contributed by atoms with Crippen LogP contribution in [0.4, 0.5) is 0 Å². The number of rotatable bonds is 3. The molecule has 33 heavy (non-hydrogen) atoms. The molecule has 4 rings (SSSR count). The Morgan fingerprint density at radius 3 is 1.36 bits per heavy atom. The number of benzene rings is 3. The van der Waals surface area contributed by atoms with Crippen molar-refractivity contribution in [3.8, 4) is 33.5 Å². The van der Waals surface area contributed by atoms with Crippen LogP contribution in [0.25, 0.3) is 33.5 Å². The van der Waals surface area contributed by atoms with Crippen molar-refractivity contribution in [3.63, 3.8) is 0 Å². The van der Waals surface area contributed by atoms with Crippen LogP contribution in [0.5, 0.6) is 0 Å². The molecule has 10 heteroatoms. The van der Waals surface area contributed by atoms with E-state index in [2.05, 4.69) is 4.98 Å². The molecule has 0 aliphatic heterocycles. The highest BCUT2D eigenvalue weighted by molar-refractivity contribution is 6.51. The van der Waals surface area contributed by atoms with Crippen LogP contribution in [0.15, 0.2) is 48.7 Å². The van der Waals surface area contributed by atoms with Gasteiger partial charge in [-0.2, -0.15) is 0 Å². The van der Waals surface area contributed by atoms with E-state index in [-0.39, 0.29) is 30.1 Å². The van der Waals surface area contributed by atoms with Gasteiger partial charge in [0, 0.05) is 28.5 Å². The first-order valence-corrected chi connectivity index (χ1v) is 12.4. The van der Waals surface area contributed by atoms with Gasteiger partial charge in [0.2, 0.25) is 0 Å². The molecule has 168 valence electrons. The lowest BCUT2D eigenvalue weighted by Crippen LogP contribution is -1.96. The van der Waals surface area contributed by atoms with Crippen LogP contribution in [0.3, 0.4) is 0 Å². The van der Waals surface area contributed by atoms with Gasteiger partial charge in [0.25, 0.3) is 0 Å². The number of nitrogens with zero attached hydrogens (tertiary/aromatic N) is 1. The van der Waals surface area contributed by atoms with Crippen molar-refractivity contribution in [2.24, 2.45) is 0 Å². The fourth-order valence-corrected chi connectivity index (χ4v) is 5.22. The summed E-state index contributed by atoms with van der Waals surface area (Å²) in [7, 11) is 0. The summed E-state index contributed by atoms with van der Waals surface area (Å²) < 4.78 is 0. The van der Waals surface area contributed by atoms with Crippen molar-refractivity contribution in [2.45, 2.75) is 0 Å².